The van der Waals surface area contributed by atoms with E-state index in [2.05, 4.69) is 30.7 Å². The molecule has 0 saturated heterocycles. The van der Waals surface area contributed by atoms with Gasteiger partial charge in [0.1, 0.15) is 0 Å². The molecule has 0 bridgehead atoms. The lowest BCUT2D eigenvalue weighted by Crippen LogP contribution is -2.30. The summed E-state index contributed by atoms with van der Waals surface area (Å²) >= 11 is 1.54. The Balaban J connectivity index is 2.30. The summed E-state index contributed by atoms with van der Waals surface area (Å²) in [7, 11) is 0. The first-order valence-corrected chi connectivity index (χ1v) is 6.71. The van der Waals surface area contributed by atoms with E-state index >= 15 is 0 Å². The maximum Gasteiger partial charge on any atom is 0.186 e. The van der Waals surface area contributed by atoms with E-state index in [1.165, 1.54) is 24.2 Å². The highest BCUT2D eigenvalue weighted by Crippen LogP contribution is 2.43. The third kappa shape index (κ3) is 2.12. The average Bonchev–Trinajstić information content (AvgIpc) is 3.00. The fourth-order valence-electron chi connectivity index (χ4n) is 1.91. The average molecular weight is 238 g/mol. The van der Waals surface area contributed by atoms with Crippen molar-refractivity contribution in [2.24, 2.45) is 0 Å². The molecule has 3 nitrogen and oxygen atoms in total. The van der Waals surface area contributed by atoms with Gasteiger partial charge in [0.15, 0.2) is 11.4 Å². The second kappa shape index (κ2) is 4.53. The van der Waals surface area contributed by atoms with Gasteiger partial charge in [0.25, 0.3) is 0 Å². The molecule has 0 atom stereocenters. The highest BCUT2D eigenvalue weighted by Gasteiger charge is 2.30. The van der Waals surface area contributed by atoms with Crippen LogP contribution in [0, 0.1) is 0 Å². The number of hydrogen-bond acceptors (Lipinski definition) is 4. The molecule has 0 spiro atoms. The van der Waals surface area contributed by atoms with E-state index in [9.17, 15) is 4.79 Å². The monoisotopic (exact) mass is 238 g/mol. The largest absolute Gasteiger partial charge is 0.346 e. The molecular formula is C12H18N2OS. The van der Waals surface area contributed by atoms with Crippen molar-refractivity contribution in [2.45, 2.75) is 45.6 Å². The van der Waals surface area contributed by atoms with Crippen LogP contribution in [0.2, 0.25) is 0 Å². The number of hydrogen-bond donors (Lipinski definition) is 0. The third-order valence-corrected chi connectivity index (χ3v) is 3.98. The van der Waals surface area contributed by atoms with Crippen LogP contribution in [-0.2, 0) is 0 Å². The van der Waals surface area contributed by atoms with E-state index in [1.54, 1.807) is 0 Å². The van der Waals surface area contributed by atoms with Gasteiger partial charge in [-0.15, -0.1) is 0 Å². The van der Waals surface area contributed by atoms with Crippen molar-refractivity contribution < 1.29 is 4.79 Å². The number of aldehydes is 1. The molecule has 1 heterocycles. The van der Waals surface area contributed by atoms with Gasteiger partial charge in [0, 0.05) is 18.5 Å². The molecule has 0 radical (unpaired) electrons. The normalized spacial score (nSPS) is 15.5. The molecule has 1 aromatic rings. The van der Waals surface area contributed by atoms with Gasteiger partial charge in [-0.25, -0.2) is 4.98 Å². The Hall–Kier alpha value is -0.900. The maximum atomic E-state index is 11.0. The Morgan fingerprint density at radius 1 is 1.56 bits per heavy atom. The summed E-state index contributed by atoms with van der Waals surface area (Å²) in [5, 5.41) is 1.00. The van der Waals surface area contributed by atoms with E-state index in [0.29, 0.717) is 12.0 Å². The second-order valence-corrected chi connectivity index (χ2v) is 5.53. The SMILES string of the molecule is CCN(c1nc(C2CC2)c(C=O)s1)C(C)C. The minimum Gasteiger partial charge on any atom is -0.346 e. The van der Waals surface area contributed by atoms with Crippen molar-refractivity contribution in [3.8, 4) is 0 Å². The van der Waals surface area contributed by atoms with Crippen molar-refractivity contribution in [2.75, 3.05) is 11.4 Å². The first-order chi connectivity index (χ1) is 7.67. The summed E-state index contributed by atoms with van der Waals surface area (Å²) in [6, 6.07) is 0.433. The lowest BCUT2D eigenvalue weighted by atomic mass is 10.3. The first-order valence-electron chi connectivity index (χ1n) is 5.89. The standard InChI is InChI=1S/C12H18N2OS/c1-4-14(8(2)3)12-13-11(9-5-6-9)10(7-15)16-12/h7-9H,4-6H2,1-3H3. The molecule has 1 saturated carbocycles. The molecule has 2 rings (SSSR count). The molecule has 4 heteroatoms. The Kier molecular flexibility index (Phi) is 3.28. The van der Waals surface area contributed by atoms with Gasteiger partial charge in [-0.2, -0.15) is 0 Å². The lowest BCUT2D eigenvalue weighted by molar-refractivity contribution is 0.112. The predicted molar refractivity (Wildman–Crippen MR) is 67.6 cm³/mol. The number of carbonyl (C=O) groups excluding carboxylic acids is 1. The van der Waals surface area contributed by atoms with Crippen LogP contribution < -0.4 is 4.90 Å². The molecule has 1 aromatic heterocycles. The zero-order valence-corrected chi connectivity index (χ0v) is 10.9. The zero-order chi connectivity index (χ0) is 11.7. The second-order valence-electron chi connectivity index (χ2n) is 4.52. The molecule has 0 aromatic carbocycles. The van der Waals surface area contributed by atoms with Crippen LogP contribution in [0.5, 0.6) is 0 Å². The zero-order valence-electron chi connectivity index (χ0n) is 10.1. The molecule has 1 aliphatic rings. The van der Waals surface area contributed by atoms with Gasteiger partial charge >= 0.3 is 0 Å². The van der Waals surface area contributed by atoms with Crippen molar-refractivity contribution in [3.63, 3.8) is 0 Å². The van der Waals surface area contributed by atoms with Gasteiger partial charge in [-0.05, 0) is 33.6 Å². The summed E-state index contributed by atoms with van der Waals surface area (Å²) in [5.41, 5.74) is 1.04. The summed E-state index contributed by atoms with van der Waals surface area (Å²) < 4.78 is 0. The summed E-state index contributed by atoms with van der Waals surface area (Å²) in [4.78, 5) is 18.7. The maximum absolute atomic E-state index is 11.0. The summed E-state index contributed by atoms with van der Waals surface area (Å²) in [6.07, 6.45) is 3.35. The van der Waals surface area contributed by atoms with E-state index in [-0.39, 0.29) is 0 Å². The minimum absolute atomic E-state index is 0.433. The summed E-state index contributed by atoms with van der Waals surface area (Å²) in [5.74, 6) is 0.552. The van der Waals surface area contributed by atoms with E-state index in [1.807, 2.05) is 0 Å². The molecule has 0 aliphatic heterocycles. The van der Waals surface area contributed by atoms with Crippen molar-refractivity contribution in [1.82, 2.24) is 4.98 Å². The van der Waals surface area contributed by atoms with Crippen molar-refractivity contribution in [3.05, 3.63) is 10.6 Å². The molecular weight excluding hydrogens is 220 g/mol. The van der Waals surface area contributed by atoms with Gasteiger partial charge in [0.05, 0.1) is 10.6 Å². The molecule has 1 aliphatic carbocycles. The first kappa shape index (κ1) is 11.6. The molecule has 1 fully saturated rings. The van der Waals surface area contributed by atoms with Gasteiger partial charge < -0.3 is 4.90 Å². The Bertz CT molecular complexity index is 382. The summed E-state index contributed by atoms with van der Waals surface area (Å²) in [6.45, 7) is 7.37. The van der Waals surface area contributed by atoms with Crippen LogP contribution in [0.1, 0.15) is 54.9 Å². The number of thiazole rings is 1. The minimum atomic E-state index is 0.433. The van der Waals surface area contributed by atoms with E-state index in [0.717, 1.165) is 28.5 Å². The fraction of sp³-hybridized carbons (Fsp3) is 0.667. The number of anilines is 1. The molecule has 16 heavy (non-hydrogen) atoms. The topological polar surface area (TPSA) is 33.2 Å². The van der Waals surface area contributed by atoms with Crippen LogP contribution in [-0.4, -0.2) is 23.9 Å². The Morgan fingerprint density at radius 2 is 2.25 bits per heavy atom. The van der Waals surface area contributed by atoms with Crippen LogP contribution in [0.3, 0.4) is 0 Å². The molecule has 0 unspecified atom stereocenters. The number of carbonyl (C=O) groups is 1. The smallest absolute Gasteiger partial charge is 0.186 e. The highest BCUT2D eigenvalue weighted by molar-refractivity contribution is 7.17. The van der Waals surface area contributed by atoms with Crippen LogP contribution in [0.4, 0.5) is 5.13 Å². The van der Waals surface area contributed by atoms with Crippen LogP contribution in [0.15, 0.2) is 0 Å². The molecule has 88 valence electrons. The fourth-order valence-corrected chi connectivity index (χ4v) is 3.07. The lowest BCUT2D eigenvalue weighted by Gasteiger charge is -2.24. The van der Waals surface area contributed by atoms with E-state index in [4.69, 9.17) is 0 Å². The van der Waals surface area contributed by atoms with Gasteiger partial charge in [-0.1, -0.05) is 11.3 Å². The van der Waals surface area contributed by atoms with Crippen LogP contribution in [0.25, 0.3) is 0 Å². The van der Waals surface area contributed by atoms with Crippen LogP contribution >= 0.6 is 11.3 Å². The van der Waals surface area contributed by atoms with Gasteiger partial charge in [-0.3, -0.25) is 4.79 Å². The van der Waals surface area contributed by atoms with Gasteiger partial charge in [0.2, 0.25) is 0 Å². The highest BCUT2D eigenvalue weighted by atomic mass is 32.1. The van der Waals surface area contributed by atoms with Crippen molar-refractivity contribution >= 4 is 22.8 Å². The number of nitrogens with zero attached hydrogens (tertiary/aromatic N) is 2. The Morgan fingerprint density at radius 3 is 2.69 bits per heavy atom. The van der Waals surface area contributed by atoms with E-state index < -0.39 is 0 Å². The predicted octanol–water partition coefficient (Wildman–Crippen LogP) is 3.07. The third-order valence-electron chi connectivity index (χ3n) is 2.95. The van der Waals surface area contributed by atoms with Crippen molar-refractivity contribution in [1.29, 1.82) is 0 Å². The number of aromatic nitrogens is 1. The quantitative estimate of drug-likeness (QED) is 0.739. The number of rotatable bonds is 5. The molecule has 0 N–H and O–H groups in total. The Labute approximate surface area is 100 Å². The molecule has 0 amide bonds.